The van der Waals surface area contributed by atoms with E-state index in [2.05, 4.69) is 12.2 Å². The van der Waals surface area contributed by atoms with Crippen LogP contribution in [0, 0.1) is 11.8 Å². The van der Waals surface area contributed by atoms with Crippen LogP contribution in [-0.2, 0) is 11.2 Å². The van der Waals surface area contributed by atoms with Gasteiger partial charge in [-0.25, -0.2) is 0 Å². The maximum absolute atomic E-state index is 11.9. The van der Waals surface area contributed by atoms with Crippen LogP contribution in [0.15, 0.2) is 16.5 Å². The van der Waals surface area contributed by atoms with Gasteiger partial charge in [-0.05, 0) is 30.9 Å². The molecule has 4 nitrogen and oxygen atoms in total. The third-order valence-electron chi connectivity index (χ3n) is 3.81. The summed E-state index contributed by atoms with van der Waals surface area (Å²) in [5.74, 6) is 3.09. The Bertz CT molecular complexity index is 428. The lowest BCUT2D eigenvalue weighted by molar-refractivity contribution is -0.124. The van der Waals surface area contributed by atoms with Crippen LogP contribution in [0.2, 0.25) is 0 Å². The fraction of sp³-hybridized carbons (Fsp3) is 0.667. The van der Waals surface area contributed by atoms with Gasteiger partial charge >= 0.3 is 0 Å². The Hall–Kier alpha value is -1.29. The van der Waals surface area contributed by atoms with Crippen molar-refractivity contribution in [2.75, 3.05) is 13.1 Å². The molecule has 4 heteroatoms. The summed E-state index contributed by atoms with van der Waals surface area (Å²) in [6, 6.07) is 4.02. The summed E-state index contributed by atoms with van der Waals surface area (Å²) in [5, 5.41) is 2.89. The summed E-state index contributed by atoms with van der Waals surface area (Å²) in [6.07, 6.45) is 2.74. The minimum absolute atomic E-state index is 0.0297. The van der Waals surface area contributed by atoms with E-state index in [-0.39, 0.29) is 11.8 Å². The van der Waals surface area contributed by atoms with E-state index in [0.717, 1.165) is 23.9 Å². The normalized spacial score (nSPS) is 23.1. The number of carbonyl (C=O) groups excluding carboxylic acids is 1. The predicted molar refractivity (Wildman–Crippen MR) is 74.8 cm³/mol. The topological polar surface area (TPSA) is 68.3 Å². The summed E-state index contributed by atoms with van der Waals surface area (Å²) < 4.78 is 5.83. The molecule has 19 heavy (non-hydrogen) atoms. The third-order valence-corrected chi connectivity index (χ3v) is 3.81. The number of amides is 1. The number of hydrogen-bond acceptors (Lipinski definition) is 3. The second-order valence-electron chi connectivity index (χ2n) is 5.55. The SMILES string of the molecule is CCCNC(=O)C(CN)Cc1ccc(C2CC2C)o1. The first kappa shape index (κ1) is 14.1. The first-order valence-corrected chi connectivity index (χ1v) is 7.22. The van der Waals surface area contributed by atoms with Crippen LogP contribution >= 0.6 is 0 Å². The van der Waals surface area contributed by atoms with E-state index in [1.54, 1.807) is 0 Å². The van der Waals surface area contributed by atoms with Gasteiger partial charge in [-0.2, -0.15) is 0 Å². The van der Waals surface area contributed by atoms with E-state index in [0.29, 0.717) is 25.4 Å². The van der Waals surface area contributed by atoms with Crippen molar-refractivity contribution in [3.05, 3.63) is 23.7 Å². The van der Waals surface area contributed by atoms with Crippen LogP contribution in [0.3, 0.4) is 0 Å². The first-order chi connectivity index (χ1) is 9.15. The van der Waals surface area contributed by atoms with Crippen molar-refractivity contribution in [2.45, 2.75) is 39.0 Å². The van der Waals surface area contributed by atoms with E-state index < -0.39 is 0 Å². The van der Waals surface area contributed by atoms with E-state index >= 15 is 0 Å². The minimum atomic E-state index is -0.192. The molecule has 3 N–H and O–H groups in total. The highest BCUT2D eigenvalue weighted by Gasteiger charge is 2.36. The maximum Gasteiger partial charge on any atom is 0.224 e. The Morgan fingerprint density at radius 2 is 2.32 bits per heavy atom. The standard InChI is InChI=1S/C15H24N2O2/c1-3-6-17-15(18)11(9-16)8-12-4-5-14(19-12)13-7-10(13)2/h4-5,10-11,13H,3,6-9,16H2,1-2H3,(H,17,18). The van der Waals surface area contributed by atoms with Crippen molar-refractivity contribution in [1.82, 2.24) is 5.32 Å². The number of carbonyl (C=O) groups is 1. The van der Waals surface area contributed by atoms with Crippen molar-refractivity contribution in [1.29, 1.82) is 0 Å². The molecular weight excluding hydrogens is 240 g/mol. The Balaban J connectivity index is 1.90. The molecular formula is C15H24N2O2. The fourth-order valence-corrected chi connectivity index (χ4v) is 2.34. The summed E-state index contributed by atoms with van der Waals surface area (Å²) in [6.45, 7) is 5.32. The van der Waals surface area contributed by atoms with Crippen LogP contribution in [0.5, 0.6) is 0 Å². The van der Waals surface area contributed by atoms with Crippen LogP contribution in [0.1, 0.15) is 44.1 Å². The molecule has 106 valence electrons. The van der Waals surface area contributed by atoms with Crippen LogP contribution in [0.4, 0.5) is 0 Å². The van der Waals surface area contributed by atoms with Gasteiger partial charge in [0.1, 0.15) is 11.5 Å². The Morgan fingerprint density at radius 3 is 2.89 bits per heavy atom. The number of nitrogens with two attached hydrogens (primary N) is 1. The van der Waals surface area contributed by atoms with Gasteiger partial charge in [0.05, 0.1) is 5.92 Å². The summed E-state index contributed by atoms with van der Waals surface area (Å²) in [7, 11) is 0. The molecule has 3 unspecified atom stereocenters. The molecule has 3 atom stereocenters. The average molecular weight is 264 g/mol. The molecule has 1 saturated carbocycles. The van der Waals surface area contributed by atoms with Crippen LogP contribution < -0.4 is 11.1 Å². The number of rotatable bonds is 7. The molecule has 1 heterocycles. The minimum Gasteiger partial charge on any atom is -0.466 e. The highest BCUT2D eigenvalue weighted by molar-refractivity contribution is 5.79. The van der Waals surface area contributed by atoms with Gasteiger partial charge in [-0.3, -0.25) is 4.79 Å². The lowest BCUT2D eigenvalue weighted by Crippen LogP contribution is -2.36. The largest absolute Gasteiger partial charge is 0.466 e. The molecule has 1 aliphatic rings. The Morgan fingerprint density at radius 1 is 1.58 bits per heavy atom. The molecule has 0 radical (unpaired) electrons. The quantitative estimate of drug-likeness (QED) is 0.792. The number of hydrogen-bond donors (Lipinski definition) is 2. The van der Waals surface area contributed by atoms with Gasteiger partial charge in [0.25, 0.3) is 0 Å². The molecule has 1 fully saturated rings. The highest BCUT2D eigenvalue weighted by Crippen LogP contribution is 2.47. The Labute approximate surface area is 114 Å². The van der Waals surface area contributed by atoms with Crippen molar-refractivity contribution < 1.29 is 9.21 Å². The van der Waals surface area contributed by atoms with Gasteiger partial charge in [0, 0.05) is 25.4 Å². The summed E-state index contributed by atoms with van der Waals surface area (Å²) in [4.78, 5) is 11.9. The second kappa shape index (κ2) is 6.24. The molecule has 0 saturated heterocycles. The third kappa shape index (κ3) is 3.60. The van der Waals surface area contributed by atoms with Gasteiger partial charge < -0.3 is 15.5 Å². The summed E-state index contributed by atoms with van der Waals surface area (Å²) in [5.41, 5.74) is 5.69. The zero-order valence-electron chi connectivity index (χ0n) is 11.8. The molecule has 0 aromatic carbocycles. The average Bonchev–Trinajstić information content (AvgIpc) is 2.96. The predicted octanol–water partition coefficient (Wildman–Crippen LogP) is 2.05. The van der Waals surface area contributed by atoms with Gasteiger partial charge in [0.15, 0.2) is 0 Å². The number of furan rings is 1. The molecule has 0 aliphatic heterocycles. The van der Waals surface area contributed by atoms with E-state index in [1.165, 1.54) is 6.42 Å². The van der Waals surface area contributed by atoms with Gasteiger partial charge in [0.2, 0.25) is 5.91 Å². The summed E-state index contributed by atoms with van der Waals surface area (Å²) >= 11 is 0. The maximum atomic E-state index is 11.9. The molecule has 2 rings (SSSR count). The second-order valence-corrected chi connectivity index (χ2v) is 5.55. The van der Waals surface area contributed by atoms with E-state index in [9.17, 15) is 4.79 Å². The highest BCUT2D eigenvalue weighted by atomic mass is 16.3. The monoisotopic (exact) mass is 264 g/mol. The lowest BCUT2D eigenvalue weighted by Gasteiger charge is -2.13. The van der Waals surface area contributed by atoms with Gasteiger partial charge in [-0.1, -0.05) is 13.8 Å². The molecule has 0 spiro atoms. The van der Waals surface area contributed by atoms with Crippen molar-refractivity contribution >= 4 is 5.91 Å². The molecule has 1 aromatic heterocycles. The van der Waals surface area contributed by atoms with Crippen molar-refractivity contribution in [2.24, 2.45) is 17.6 Å². The van der Waals surface area contributed by atoms with Crippen LogP contribution in [-0.4, -0.2) is 19.0 Å². The molecule has 1 aromatic rings. The van der Waals surface area contributed by atoms with Crippen LogP contribution in [0.25, 0.3) is 0 Å². The molecule has 1 amide bonds. The van der Waals surface area contributed by atoms with Crippen molar-refractivity contribution in [3.8, 4) is 0 Å². The zero-order valence-corrected chi connectivity index (χ0v) is 11.8. The zero-order chi connectivity index (χ0) is 13.8. The molecule has 1 aliphatic carbocycles. The fourth-order valence-electron chi connectivity index (χ4n) is 2.34. The smallest absolute Gasteiger partial charge is 0.224 e. The lowest BCUT2D eigenvalue weighted by atomic mass is 10.0. The van der Waals surface area contributed by atoms with E-state index in [1.807, 2.05) is 19.1 Å². The Kier molecular flexibility index (Phi) is 4.64. The van der Waals surface area contributed by atoms with E-state index in [4.69, 9.17) is 10.2 Å². The first-order valence-electron chi connectivity index (χ1n) is 7.22. The number of nitrogens with one attached hydrogen (secondary N) is 1. The van der Waals surface area contributed by atoms with Gasteiger partial charge in [-0.15, -0.1) is 0 Å². The van der Waals surface area contributed by atoms with Crippen molar-refractivity contribution in [3.63, 3.8) is 0 Å². The molecule has 0 bridgehead atoms.